The molecule has 0 spiro atoms. The zero-order valence-corrected chi connectivity index (χ0v) is 24.2. The molecule has 0 radical (unpaired) electrons. The highest BCUT2D eigenvalue weighted by molar-refractivity contribution is 9.10. The Hall–Kier alpha value is -3.70. The lowest BCUT2D eigenvalue weighted by atomic mass is 10.1. The van der Waals surface area contributed by atoms with Crippen LogP contribution in [0.1, 0.15) is 50.8 Å². The molecule has 204 valence electrons. The molecular weight excluding hydrogens is 586 g/mol. The minimum absolute atomic E-state index is 0.215. The number of halogens is 1. The Morgan fingerprint density at radius 1 is 1.15 bits per heavy atom. The van der Waals surface area contributed by atoms with Gasteiger partial charge >= 0.3 is 17.8 Å². The summed E-state index contributed by atoms with van der Waals surface area (Å²) in [6, 6.07) is 11.4. The molecule has 0 atom stereocenters. The van der Waals surface area contributed by atoms with Crippen LogP contribution in [0.15, 0.2) is 46.0 Å². The summed E-state index contributed by atoms with van der Waals surface area (Å²) in [5.41, 5.74) is 6.22. The first-order valence-corrected chi connectivity index (χ1v) is 13.9. The van der Waals surface area contributed by atoms with Crippen molar-refractivity contribution in [2.75, 3.05) is 19.0 Å². The van der Waals surface area contributed by atoms with Gasteiger partial charge in [-0.25, -0.2) is 10.2 Å². The number of hydrogen-bond acceptors (Lipinski definition) is 8. The Bertz CT molecular complexity index is 1430. The lowest BCUT2D eigenvalue weighted by Crippen LogP contribution is -2.32. The zero-order chi connectivity index (χ0) is 27.9. The summed E-state index contributed by atoms with van der Waals surface area (Å²) in [4.78, 5) is 38.5. The van der Waals surface area contributed by atoms with Crippen LogP contribution < -0.4 is 20.2 Å². The fourth-order valence-corrected chi connectivity index (χ4v) is 6.01. The number of amides is 2. The number of thiophene rings is 1. The van der Waals surface area contributed by atoms with Gasteiger partial charge < -0.3 is 19.5 Å². The van der Waals surface area contributed by atoms with Crippen molar-refractivity contribution in [3.05, 3.63) is 73.6 Å². The number of nitrogens with zero attached hydrogens (tertiary/aromatic N) is 1. The summed E-state index contributed by atoms with van der Waals surface area (Å²) in [6.07, 6.45) is 3.89. The molecule has 1 heterocycles. The Morgan fingerprint density at radius 2 is 1.95 bits per heavy atom. The molecule has 0 saturated heterocycles. The highest BCUT2D eigenvalue weighted by Crippen LogP contribution is 2.40. The summed E-state index contributed by atoms with van der Waals surface area (Å²) < 4.78 is 17.3. The molecule has 11 heteroatoms. The van der Waals surface area contributed by atoms with Crippen molar-refractivity contribution in [2.24, 2.45) is 5.10 Å². The fraction of sp³-hybridized carbons (Fsp3) is 0.286. The molecule has 2 N–H and O–H groups in total. The average Bonchev–Trinajstić information content (AvgIpc) is 3.49. The van der Waals surface area contributed by atoms with Crippen LogP contribution in [0.25, 0.3) is 0 Å². The fourth-order valence-electron chi connectivity index (χ4n) is 4.16. The standard InChI is InChI=1S/C28H28BrN3O6S/c1-4-37-28(35)23-19-10-7-11-22(19)39-27(23)31-25(33)26(34)32-30-14-17-12-20(29)24(21(13-17)36-3)38-15-18-9-6-5-8-16(18)2/h5-6,8-9,12-14H,4,7,10-11,15H2,1-3H3,(H,31,33)(H,32,34)/b30-14+. The van der Waals surface area contributed by atoms with Gasteiger partial charge in [-0.1, -0.05) is 24.3 Å². The first-order chi connectivity index (χ1) is 18.8. The lowest BCUT2D eigenvalue weighted by Gasteiger charge is -2.14. The number of esters is 1. The van der Waals surface area contributed by atoms with Gasteiger partial charge in [0.25, 0.3) is 0 Å². The van der Waals surface area contributed by atoms with E-state index < -0.39 is 17.8 Å². The van der Waals surface area contributed by atoms with E-state index in [2.05, 4.69) is 31.8 Å². The summed E-state index contributed by atoms with van der Waals surface area (Å²) in [5, 5.41) is 6.76. The number of hydrogen-bond donors (Lipinski definition) is 2. The van der Waals surface area contributed by atoms with Gasteiger partial charge in [-0.3, -0.25) is 9.59 Å². The number of ether oxygens (including phenoxy) is 3. The maximum absolute atomic E-state index is 12.5. The van der Waals surface area contributed by atoms with Crippen molar-refractivity contribution in [3.63, 3.8) is 0 Å². The molecule has 2 aromatic carbocycles. The molecule has 0 bridgehead atoms. The number of benzene rings is 2. The maximum atomic E-state index is 12.5. The van der Waals surface area contributed by atoms with Crippen LogP contribution in [0, 0.1) is 6.92 Å². The average molecular weight is 615 g/mol. The van der Waals surface area contributed by atoms with Gasteiger partial charge in [0.1, 0.15) is 11.6 Å². The van der Waals surface area contributed by atoms with E-state index in [4.69, 9.17) is 14.2 Å². The van der Waals surface area contributed by atoms with Crippen LogP contribution in [0.5, 0.6) is 11.5 Å². The number of aryl methyl sites for hydroxylation is 2. The van der Waals surface area contributed by atoms with Crippen LogP contribution in [0.4, 0.5) is 5.00 Å². The first-order valence-electron chi connectivity index (χ1n) is 12.3. The third-order valence-electron chi connectivity index (χ3n) is 6.10. The van der Waals surface area contributed by atoms with Crippen LogP contribution in [-0.4, -0.2) is 37.7 Å². The van der Waals surface area contributed by atoms with Crippen molar-refractivity contribution in [1.29, 1.82) is 0 Å². The van der Waals surface area contributed by atoms with Gasteiger partial charge in [0.05, 0.1) is 30.0 Å². The van der Waals surface area contributed by atoms with Crippen molar-refractivity contribution in [3.8, 4) is 11.5 Å². The molecule has 4 rings (SSSR count). The second kappa shape index (κ2) is 12.9. The molecule has 2 amide bonds. The number of rotatable bonds is 9. The number of hydrazone groups is 1. The maximum Gasteiger partial charge on any atom is 0.341 e. The molecule has 39 heavy (non-hydrogen) atoms. The zero-order valence-electron chi connectivity index (χ0n) is 21.8. The van der Waals surface area contributed by atoms with Crippen LogP contribution in [0.2, 0.25) is 0 Å². The van der Waals surface area contributed by atoms with E-state index in [0.29, 0.717) is 38.7 Å². The van der Waals surface area contributed by atoms with Crippen molar-refractivity contribution in [1.82, 2.24) is 5.43 Å². The second-order valence-corrected chi connectivity index (χ2v) is 10.6. The highest BCUT2D eigenvalue weighted by atomic mass is 79.9. The minimum atomic E-state index is -0.973. The van der Waals surface area contributed by atoms with Gasteiger partial charge in [0, 0.05) is 4.88 Å². The molecule has 1 aliphatic carbocycles. The third kappa shape index (κ3) is 6.66. The molecule has 0 aliphatic heterocycles. The first kappa shape index (κ1) is 28.3. The van der Waals surface area contributed by atoms with Crippen LogP contribution >= 0.6 is 27.3 Å². The molecule has 0 saturated carbocycles. The molecule has 0 fully saturated rings. The molecule has 0 unspecified atom stereocenters. The SMILES string of the molecule is CCOC(=O)c1c(NC(=O)C(=O)N/N=C/c2cc(Br)c(OCc3ccccc3C)c(OC)c2)sc2c1CCC2. The summed E-state index contributed by atoms with van der Waals surface area (Å²) in [7, 11) is 1.53. The van der Waals surface area contributed by atoms with Gasteiger partial charge in [-0.15, -0.1) is 11.3 Å². The van der Waals surface area contributed by atoms with E-state index in [1.807, 2.05) is 31.2 Å². The minimum Gasteiger partial charge on any atom is -0.493 e. The molecule has 1 aliphatic rings. The van der Waals surface area contributed by atoms with E-state index in [9.17, 15) is 14.4 Å². The molecule has 3 aromatic rings. The molecular formula is C28H28BrN3O6S. The normalized spacial score (nSPS) is 12.2. The van der Waals surface area contributed by atoms with E-state index in [1.165, 1.54) is 24.7 Å². The van der Waals surface area contributed by atoms with Gasteiger partial charge in [0.15, 0.2) is 11.5 Å². The number of nitrogens with one attached hydrogen (secondary N) is 2. The van der Waals surface area contributed by atoms with Crippen molar-refractivity contribution < 1.29 is 28.6 Å². The van der Waals surface area contributed by atoms with Gasteiger partial charge in [-0.2, -0.15) is 5.10 Å². The summed E-state index contributed by atoms with van der Waals surface area (Å²) >= 11 is 4.80. The Kier molecular flexibility index (Phi) is 9.36. The number of fused-ring (bicyclic) bond motifs is 1. The Labute approximate surface area is 238 Å². The third-order valence-corrected chi connectivity index (χ3v) is 7.90. The quantitative estimate of drug-likeness (QED) is 0.149. The number of carbonyl (C=O) groups is 3. The van der Waals surface area contributed by atoms with Crippen molar-refractivity contribution in [2.45, 2.75) is 39.7 Å². The van der Waals surface area contributed by atoms with E-state index in [1.54, 1.807) is 19.1 Å². The monoisotopic (exact) mass is 613 g/mol. The van der Waals surface area contributed by atoms with E-state index >= 15 is 0 Å². The smallest absolute Gasteiger partial charge is 0.341 e. The van der Waals surface area contributed by atoms with E-state index in [0.717, 1.165) is 40.8 Å². The Morgan fingerprint density at radius 3 is 2.69 bits per heavy atom. The Balaban J connectivity index is 1.40. The van der Waals surface area contributed by atoms with Crippen molar-refractivity contribution >= 4 is 56.3 Å². The van der Waals surface area contributed by atoms with E-state index in [-0.39, 0.29) is 6.61 Å². The lowest BCUT2D eigenvalue weighted by molar-refractivity contribution is -0.136. The second-order valence-electron chi connectivity index (χ2n) is 8.68. The number of anilines is 1. The predicted octanol–water partition coefficient (Wildman–Crippen LogP) is 5.16. The largest absolute Gasteiger partial charge is 0.493 e. The molecule has 1 aromatic heterocycles. The topological polar surface area (TPSA) is 115 Å². The molecule has 9 nitrogen and oxygen atoms in total. The highest BCUT2D eigenvalue weighted by Gasteiger charge is 2.29. The predicted molar refractivity (Wildman–Crippen MR) is 153 cm³/mol. The van der Waals surface area contributed by atoms with Gasteiger partial charge in [-0.05, 0) is 83.4 Å². The van der Waals surface area contributed by atoms with Crippen LogP contribution in [-0.2, 0) is 33.8 Å². The summed E-state index contributed by atoms with van der Waals surface area (Å²) in [5.74, 6) is -1.41. The number of methoxy groups -OCH3 is 1. The number of carbonyl (C=O) groups excluding carboxylic acids is 3. The summed E-state index contributed by atoms with van der Waals surface area (Å²) in [6.45, 7) is 4.32. The van der Waals surface area contributed by atoms with Crippen LogP contribution in [0.3, 0.4) is 0 Å². The van der Waals surface area contributed by atoms with Gasteiger partial charge in [0.2, 0.25) is 0 Å².